The van der Waals surface area contributed by atoms with E-state index in [-0.39, 0.29) is 0 Å². The van der Waals surface area contributed by atoms with Gasteiger partial charge >= 0.3 is 0 Å². The molecule has 0 aromatic rings. The highest BCUT2D eigenvalue weighted by atomic mass is 15.0. The molecule has 0 spiro atoms. The number of hydrogen-bond donors (Lipinski definition) is 3. The summed E-state index contributed by atoms with van der Waals surface area (Å²) in [5.41, 5.74) is 0. The molecule has 0 heterocycles. The first-order valence-electron chi connectivity index (χ1n) is 4.67. The van der Waals surface area contributed by atoms with Crippen LogP contribution in [0.15, 0.2) is 49.1 Å². The van der Waals surface area contributed by atoms with Gasteiger partial charge < -0.3 is 5.41 Å². The molecular weight excluding hydrogens is 186 g/mol. The van der Waals surface area contributed by atoms with Gasteiger partial charge in [-0.3, -0.25) is 11.7 Å². The van der Waals surface area contributed by atoms with E-state index in [1.165, 1.54) is 6.21 Å². The molecule has 86 valence electrons. The van der Waals surface area contributed by atoms with E-state index in [9.17, 15) is 0 Å². The zero-order valence-electron chi connectivity index (χ0n) is 9.69. The zero-order chi connectivity index (χ0) is 12.4. The number of nitrogens with two attached hydrogens (primary N) is 2. The Bertz CT molecular complexity index is 191. The maximum absolute atomic E-state index is 6.67. The Labute approximate surface area is 93.3 Å². The molecule has 0 aromatic carbocycles. The molecule has 0 fully saturated rings. The summed E-state index contributed by atoms with van der Waals surface area (Å²) >= 11 is 0. The van der Waals surface area contributed by atoms with E-state index in [0.29, 0.717) is 0 Å². The Balaban J connectivity index is -0.000000245. The second-order valence-corrected chi connectivity index (χ2v) is 2.19. The molecule has 0 atom stereocenters. The maximum atomic E-state index is 6.67. The molecule has 0 radical (unpaired) electrons. The number of hydrogen-bond acceptors (Lipinski definition) is 3. The summed E-state index contributed by atoms with van der Waals surface area (Å²) in [6, 6.07) is 0. The lowest BCUT2D eigenvalue weighted by molar-refractivity contribution is 1.26. The summed E-state index contributed by atoms with van der Waals surface area (Å²) < 4.78 is 0. The Kier molecular flexibility index (Phi) is 37.5. The van der Waals surface area contributed by atoms with Crippen molar-refractivity contribution in [1.82, 2.24) is 0 Å². The molecule has 0 aliphatic carbocycles. The van der Waals surface area contributed by atoms with Gasteiger partial charge in [0.1, 0.15) is 0 Å². The SMILES string of the molecule is C/C=C/C=C/C/C=C/C=N.C=CC.NN. The van der Waals surface area contributed by atoms with Crippen LogP contribution in [0, 0.1) is 5.41 Å². The fourth-order valence-electron chi connectivity index (χ4n) is 0.493. The third kappa shape index (κ3) is 45.3. The molecule has 0 amide bonds. The van der Waals surface area contributed by atoms with Gasteiger partial charge in [0.2, 0.25) is 0 Å². The van der Waals surface area contributed by atoms with Gasteiger partial charge in [-0.15, -0.1) is 6.58 Å². The molecule has 0 aliphatic rings. The molecule has 5 N–H and O–H groups in total. The fraction of sp³-hybridized carbons (Fsp3) is 0.250. The van der Waals surface area contributed by atoms with Crippen LogP contribution >= 0.6 is 0 Å². The number of rotatable bonds is 4. The van der Waals surface area contributed by atoms with Crippen molar-refractivity contribution < 1.29 is 0 Å². The Morgan fingerprint density at radius 2 is 1.53 bits per heavy atom. The van der Waals surface area contributed by atoms with E-state index in [0.717, 1.165) is 6.42 Å². The summed E-state index contributed by atoms with van der Waals surface area (Å²) in [5.74, 6) is 8.00. The number of nitrogens with one attached hydrogen (secondary N) is 1. The van der Waals surface area contributed by atoms with Crippen LogP contribution in [-0.4, -0.2) is 6.21 Å². The van der Waals surface area contributed by atoms with Crippen molar-refractivity contribution in [2.24, 2.45) is 11.7 Å². The maximum Gasteiger partial charge on any atom is 0.0174 e. The van der Waals surface area contributed by atoms with Gasteiger partial charge in [-0.25, -0.2) is 0 Å². The summed E-state index contributed by atoms with van der Waals surface area (Å²) in [6.45, 7) is 7.23. The van der Waals surface area contributed by atoms with Gasteiger partial charge in [0.05, 0.1) is 0 Å². The lowest BCUT2D eigenvalue weighted by Gasteiger charge is -1.76. The Morgan fingerprint density at radius 1 is 1.07 bits per heavy atom. The lowest BCUT2D eigenvalue weighted by Crippen LogP contribution is -2.02. The second kappa shape index (κ2) is 29.4. The fourth-order valence-corrected chi connectivity index (χ4v) is 0.493. The molecule has 0 bridgehead atoms. The van der Waals surface area contributed by atoms with E-state index in [4.69, 9.17) is 5.41 Å². The molecule has 0 saturated heterocycles. The third-order valence-corrected chi connectivity index (χ3v) is 0.944. The average Bonchev–Trinajstić information content (AvgIpc) is 2.27. The predicted molar refractivity (Wildman–Crippen MR) is 70.7 cm³/mol. The van der Waals surface area contributed by atoms with Crippen LogP contribution in [0.5, 0.6) is 0 Å². The van der Waals surface area contributed by atoms with E-state index >= 15 is 0 Å². The Hall–Kier alpha value is -1.45. The van der Waals surface area contributed by atoms with Crippen LogP contribution in [0.25, 0.3) is 0 Å². The van der Waals surface area contributed by atoms with Crippen LogP contribution < -0.4 is 11.7 Å². The first-order valence-corrected chi connectivity index (χ1v) is 4.67. The minimum Gasteiger partial charge on any atom is -0.309 e. The standard InChI is InChI=1S/C9H13N.C3H6.H4N2/c1-2-3-4-5-6-7-8-9-10;1-3-2;1-2/h2-5,7-10H,6H2,1H3;3H,1H2,2H3;1-2H2/b3-2+,5-4+,8-7+,10-9?;;. The number of allylic oxidation sites excluding steroid dienone is 7. The van der Waals surface area contributed by atoms with Crippen molar-refractivity contribution in [2.45, 2.75) is 20.3 Å². The van der Waals surface area contributed by atoms with E-state index in [1.54, 1.807) is 12.2 Å². The summed E-state index contributed by atoms with van der Waals surface area (Å²) in [6.07, 6.45) is 15.6. The topological polar surface area (TPSA) is 75.9 Å². The van der Waals surface area contributed by atoms with Gasteiger partial charge in [0.15, 0.2) is 0 Å². The number of hydrazine groups is 1. The van der Waals surface area contributed by atoms with Crippen molar-refractivity contribution in [1.29, 1.82) is 5.41 Å². The van der Waals surface area contributed by atoms with Gasteiger partial charge in [0.25, 0.3) is 0 Å². The molecule has 0 unspecified atom stereocenters. The van der Waals surface area contributed by atoms with Crippen molar-refractivity contribution >= 4 is 6.21 Å². The molecule has 0 saturated carbocycles. The highest BCUT2D eigenvalue weighted by molar-refractivity contribution is 5.67. The van der Waals surface area contributed by atoms with Crippen LogP contribution in [0.1, 0.15) is 20.3 Å². The summed E-state index contributed by atoms with van der Waals surface area (Å²) in [5, 5.41) is 6.67. The molecule has 0 aliphatic heterocycles. The average molecular weight is 209 g/mol. The first-order chi connectivity index (χ1) is 7.33. The van der Waals surface area contributed by atoms with Crippen LogP contribution in [-0.2, 0) is 0 Å². The third-order valence-electron chi connectivity index (χ3n) is 0.944. The quantitative estimate of drug-likeness (QED) is 0.219. The van der Waals surface area contributed by atoms with Gasteiger partial charge in [0, 0.05) is 6.21 Å². The summed E-state index contributed by atoms with van der Waals surface area (Å²) in [7, 11) is 0. The van der Waals surface area contributed by atoms with Gasteiger partial charge in [-0.05, 0) is 26.3 Å². The van der Waals surface area contributed by atoms with Crippen molar-refractivity contribution in [3.63, 3.8) is 0 Å². The first kappa shape index (κ1) is 19.2. The van der Waals surface area contributed by atoms with Crippen LogP contribution in [0.2, 0.25) is 0 Å². The van der Waals surface area contributed by atoms with Gasteiger partial charge in [-0.1, -0.05) is 36.5 Å². The van der Waals surface area contributed by atoms with Crippen molar-refractivity contribution in [3.05, 3.63) is 49.1 Å². The predicted octanol–water partition coefficient (Wildman–Crippen LogP) is 2.73. The highest BCUT2D eigenvalue weighted by Gasteiger charge is 1.65. The minimum atomic E-state index is 0.902. The van der Waals surface area contributed by atoms with Crippen LogP contribution in [0.3, 0.4) is 0 Å². The van der Waals surface area contributed by atoms with E-state index in [2.05, 4.69) is 18.3 Å². The molecule has 3 heteroatoms. The van der Waals surface area contributed by atoms with Crippen molar-refractivity contribution in [3.8, 4) is 0 Å². The van der Waals surface area contributed by atoms with Crippen molar-refractivity contribution in [2.75, 3.05) is 0 Å². The highest BCUT2D eigenvalue weighted by Crippen LogP contribution is 1.85. The molecule has 15 heavy (non-hydrogen) atoms. The molecular formula is C12H23N3. The minimum absolute atomic E-state index is 0.902. The van der Waals surface area contributed by atoms with E-state index in [1.807, 2.05) is 44.2 Å². The monoisotopic (exact) mass is 209 g/mol. The molecule has 3 nitrogen and oxygen atoms in total. The van der Waals surface area contributed by atoms with E-state index < -0.39 is 0 Å². The smallest absolute Gasteiger partial charge is 0.0174 e. The normalized spacial score (nSPS) is 9.33. The second-order valence-electron chi connectivity index (χ2n) is 2.19. The molecule has 0 rings (SSSR count). The lowest BCUT2D eigenvalue weighted by atomic mass is 10.3. The zero-order valence-corrected chi connectivity index (χ0v) is 9.69. The molecule has 0 aromatic heterocycles. The van der Waals surface area contributed by atoms with Gasteiger partial charge in [-0.2, -0.15) is 0 Å². The summed E-state index contributed by atoms with van der Waals surface area (Å²) in [4.78, 5) is 0. The Morgan fingerprint density at radius 3 is 1.93 bits per heavy atom. The largest absolute Gasteiger partial charge is 0.309 e. The van der Waals surface area contributed by atoms with Crippen LogP contribution in [0.4, 0.5) is 0 Å².